The van der Waals surface area contributed by atoms with Crippen molar-refractivity contribution in [1.29, 1.82) is 0 Å². The quantitative estimate of drug-likeness (QED) is 0.857. The predicted molar refractivity (Wildman–Crippen MR) is 69.6 cm³/mol. The van der Waals surface area contributed by atoms with Crippen molar-refractivity contribution in [1.82, 2.24) is 20.2 Å². The Morgan fingerprint density at radius 1 is 1.42 bits per heavy atom. The Kier molecular flexibility index (Phi) is 2.73. The molecule has 0 radical (unpaired) electrons. The normalized spacial score (nSPS) is 16.5. The zero-order chi connectivity index (χ0) is 13.5. The number of nitrogens with two attached hydrogens (primary N) is 1. The molecule has 2 aromatic rings. The predicted octanol–water partition coefficient (Wildman–Crippen LogP) is 2.25. The van der Waals surface area contributed by atoms with Gasteiger partial charge in [0, 0.05) is 11.3 Å². The fraction of sp³-hybridized carbons (Fsp3) is 0.462. The Balaban J connectivity index is 1.95. The van der Waals surface area contributed by atoms with Crippen molar-refractivity contribution in [2.45, 2.75) is 32.7 Å². The van der Waals surface area contributed by atoms with E-state index in [1.165, 1.54) is 25.0 Å². The fourth-order valence-corrected chi connectivity index (χ4v) is 2.36. The number of hydrogen-bond acceptors (Lipinski definition) is 4. The second kappa shape index (κ2) is 4.29. The van der Waals surface area contributed by atoms with Crippen LogP contribution in [0.25, 0.3) is 11.4 Å². The Bertz CT molecular complexity index is 603. The summed E-state index contributed by atoms with van der Waals surface area (Å²) in [4.78, 5) is 0. The summed E-state index contributed by atoms with van der Waals surface area (Å²) in [7, 11) is 0. The van der Waals surface area contributed by atoms with Gasteiger partial charge in [-0.25, -0.2) is 9.07 Å². The van der Waals surface area contributed by atoms with Gasteiger partial charge in [0.15, 0.2) is 5.82 Å². The first-order valence-electron chi connectivity index (χ1n) is 6.45. The second-order valence-electron chi connectivity index (χ2n) is 5.25. The highest BCUT2D eigenvalue weighted by Crippen LogP contribution is 2.50. The number of aromatic nitrogens is 4. The summed E-state index contributed by atoms with van der Waals surface area (Å²) in [5, 5.41) is 11.8. The van der Waals surface area contributed by atoms with E-state index in [-0.39, 0.29) is 5.82 Å². The number of tetrazole rings is 1. The summed E-state index contributed by atoms with van der Waals surface area (Å²) in [5.41, 5.74) is 7.21. The zero-order valence-electron chi connectivity index (χ0n) is 10.8. The number of hydrogen-bond donors (Lipinski definition) is 1. The van der Waals surface area contributed by atoms with Crippen molar-refractivity contribution in [2.75, 3.05) is 5.73 Å². The smallest absolute Gasteiger partial charge is 0.184 e. The van der Waals surface area contributed by atoms with Gasteiger partial charge in [-0.15, -0.1) is 5.10 Å². The molecule has 1 aromatic heterocycles. The van der Waals surface area contributed by atoms with Gasteiger partial charge in [-0.2, -0.15) is 0 Å². The van der Waals surface area contributed by atoms with Gasteiger partial charge in [-0.3, -0.25) is 0 Å². The Hall–Kier alpha value is -1.98. The van der Waals surface area contributed by atoms with E-state index in [0.29, 0.717) is 22.5 Å². The van der Waals surface area contributed by atoms with E-state index in [0.717, 1.165) is 13.0 Å². The summed E-state index contributed by atoms with van der Waals surface area (Å²) < 4.78 is 14.9. The van der Waals surface area contributed by atoms with Crippen LogP contribution >= 0.6 is 0 Å². The van der Waals surface area contributed by atoms with E-state index in [4.69, 9.17) is 5.73 Å². The maximum Gasteiger partial charge on any atom is 0.184 e. The molecule has 2 N–H and O–H groups in total. The first kappa shape index (κ1) is 12.1. The highest BCUT2D eigenvalue weighted by Gasteiger charge is 2.41. The molecule has 0 unspecified atom stereocenters. The molecule has 0 saturated heterocycles. The SMILES string of the molecule is CCC1(Cn2nnnc2-c2ccc(F)cc2N)CC1. The van der Waals surface area contributed by atoms with Crippen LogP contribution in [0.5, 0.6) is 0 Å². The number of nitrogen functional groups attached to an aromatic ring is 1. The first-order valence-corrected chi connectivity index (χ1v) is 6.45. The van der Waals surface area contributed by atoms with Crippen molar-refractivity contribution in [3.8, 4) is 11.4 Å². The second-order valence-corrected chi connectivity index (χ2v) is 5.25. The summed E-state index contributed by atoms with van der Waals surface area (Å²) in [6.07, 6.45) is 3.54. The molecule has 1 aliphatic carbocycles. The molecule has 19 heavy (non-hydrogen) atoms. The number of nitrogens with zero attached hydrogens (tertiary/aromatic N) is 4. The molecule has 1 saturated carbocycles. The van der Waals surface area contributed by atoms with Gasteiger partial charge in [0.2, 0.25) is 0 Å². The molecule has 100 valence electrons. The third-order valence-corrected chi connectivity index (χ3v) is 3.98. The van der Waals surface area contributed by atoms with E-state index in [1.807, 2.05) is 0 Å². The van der Waals surface area contributed by atoms with E-state index >= 15 is 0 Å². The summed E-state index contributed by atoms with van der Waals surface area (Å²) in [5.74, 6) is 0.254. The Labute approximate surface area is 110 Å². The van der Waals surface area contributed by atoms with E-state index in [1.54, 1.807) is 10.7 Å². The number of rotatable bonds is 4. The molecule has 0 amide bonds. The Morgan fingerprint density at radius 3 is 2.84 bits per heavy atom. The van der Waals surface area contributed by atoms with Crippen LogP contribution in [0, 0.1) is 11.2 Å². The highest BCUT2D eigenvalue weighted by molar-refractivity contribution is 5.71. The molecule has 0 aliphatic heterocycles. The number of halogens is 1. The summed E-state index contributed by atoms with van der Waals surface area (Å²) in [6.45, 7) is 2.98. The summed E-state index contributed by atoms with van der Waals surface area (Å²) >= 11 is 0. The van der Waals surface area contributed by atoms with Crippen molar-refractivity contribution in [2.24, 2.45) is 5.41 Å². The van der Waals surface area contributed by atoms with Gasteiger partial charge in [-0.1, -0.05) is 6.92 Å². The van der Waals surface area contributed by atoms with Crippen LogP contribution in [-0.4, -0.2) is 20.2 Å². The molecule has 1 heterocycles. The van der Waals surface area contributed by atoms with Crippen LogP contribution < -0.4 is 5.73 Å². The lowest BCUT2D eigenvalue weighted by Crippen LogP contribution is -2.13. The lowest BCUT2D eigenvalue weighted by Gasteiger charge is -2.13. The van der Waals surface area contributed by atoms with Crippen LogP contribution in [0.1, 0.15) is 26.2 Å². The Morgan fingerprint density at radius 2 is 2.21 bits per heavy atom. The minimum absolute atomic E-state index is 0.332. The topological polar surface area (TPSA) is 69.6 Å². The third kappa shape index (κ3) is 2.18. The molecule has 1 aromatic carbocycles. The molecule has 3 rings (SSSR count). The van der Waals surface area contributed by atoms with Gasteiger partial charge >= 0.3 is 0 Å². The number of benzene rings is 1. The van der Waals surface area contributed by atoms with Gasteiger partial charge in [0.05, 0.1) is 6.54 Å². The minimum atomic E-state index is -0.354. The zero-order valence-corrected chi connectivity index (χ0v) is 10.8. The van der Waals surface area contributed by atoms with Gasteiger partial charge < -0.3 is 5.73 Å². The van der Waals surface area contributed by atoms with Crippen LogP contribution in [0.4, 0.5) is 10.1 Å². The fourth-order valence-electron chi connectivity index (χ4n) is 2.36. The molecule has 5 nitrogen and oxygen atoms in total. The molecule has 6 heteroatoms. The maximum atomic E-state index is 13.1. The molecule has 0 spiro atoms. The van der Waals surface area contributed by atoms with E-state index in [2.05, 4.69) is 22.4 Å². The van der Waals surface area contributed by atoms with Gasteiger partial charge in [0.1, 0.15) is 5.82 Å². The standard InChI is InChI=1S/C13H16FN5/c1-2-13(5-6-13)8-19-12(16-17-18-19)10-4-3-9(14)7-11(10)15/h3-4,7H,2,5-6,8,15H2,1H3. The van der Waals surface area contributed by atoms with Crippen molar-refractivity contribution < 1.29 is 4.39 Å². The van der Waals surface area contributed by atoms with Crippen molar-refractivity contribution in [3.05, 3.63) is 24.0 Å². The molecule has 0 atom stereocenters. The maximum absolute atomic E-state index is 13.1. The lowest BCUT2D eigenvalue weighted by atomic mass is 10.0. The molecule has 0 bridgehead atoms. The highest BCUT2D eigenvalue weighted by atomic mass is 19.1. The van der Waals surface area contributed by atoms with Crippen LogP contribution in [0.15, 0.2) is 18.2 Å². The van der Waals surface area contributed by atoms with E-state index < -0.39 is 0 Å². The largest absolute Gasteiger partial charge is 0.398 e. The van der Waals surface area contributed by atoms with Gasteiger partial charge in [0.25, 0.3) is 0 Å². The van der Waals surface area contributed by atoms with Crippen LogP contribution in [0.3, 0.4) is 0 Å². The van der Waals surface area contributed by atoms with Crippen LogP contribution in [0.2, 0.25) is 0 Å². The number of anilines is 1. The molecular formula is C13H16FN5. The molecule has 1 aliphatic rings. The van der Waals surface area contributed by atoms with Crippen molar-refractivity contribution in [3.63, 3.8) is 0 Å². The average molecular weight is 261 g/mol. The monoisotopic (exact) mass is 261 g/mol. The molecular weight excluding hydrogens is 245 g/mol. The minimum Gasteiger partial charge on any atom is -0.398 e. The average Bonchev–Trinajstić information content (AvgIpc) is 3.01. The van der Waals surface area contributed by atoms with Crippen molar-refractivity contribution >= 4 is 5.69 Å². The summed E-state index contributed by atoms with van der Waals surface area (Å²) in [6, 6.07) is 4.29. The lowest BCUT2D eigenvalue weighted by molar-refractivity contribution is 0.382. The van der Waals surface area contributed by atoms with Crippen LogP contribution in [-0.2, 0) is 6.54 Å². The third-order valence-electron chi connectivity index (χ3n) is 3.98. The first-order chi connectivity index (χ1) is 9.13. The molecule has 1 fully saturated rings. The van der Waals surface area contributed by atoms with Gasteiger partial charge in [-0.05, 0) is 53.3 Å². The van der Waals surface area contributed by atoms with E-state index in [9.17, 15) is 4.39 Å².